The second kappa shape index (κ2) is 10.2. The van der Waals surface area contributed by atoms with Crippen LogP contribution in [-0.2, 0) is 15.1 Å². The van der Waals surface area contributed by atoms with E-state index in [1.54, 1.807) is 19.2 Å². The van der Waals surface area contributed by atoms with Crippen molar-refractivity contribution in [2.45, 2.75) is 37.9 Å². The van der Waals surface area contributed by atoms with E-state index in [1.165, 1.54) is 11.0 Å². The number of ether oxygens (including phenoxy) is 2. The fraction of sp³-hybridized carbons (Fsp3) is 0.458. The molecule has 2 N–H and O–H groups in total. The SMILES string of the molecule is COCCCC[C@@](O)(c1cccc(F)c1-c1cccc(C)c1)C1CN(C(=O)O)CCO1. The summed E-state index contributed by atoms with van der Waals surface area (Å²) in [6, 6.07) is 12.1. The molecule has 6 nitrogen and oxygen atoms in total. The van der Waals surface area contributed by atoms with Gasteiger partial charge in [-0.15, -0.1) is 0 Å². The van der Waals surface area contributed by atoms with E-state index in [9.17, 15) is 15.0 Å². The third-order valence-corrected chi connectivity index (χ3v) is 5.81. The van der Waals surface area contributed by atoms with Crippen LogP contribution in [0.5, 0.6) is 0 Å². The smallest absolute Gasteiger partial charge is 0.407 e. The Morgan fingerprint density at radius 1 is 1.29 bits per heavy atom. The Hall–Kier alpha value is -2.48. The number of carboxylic acid groups (broad SMARTS) is 1. The van der Waals surface area contributed by atoms with Gasteiger partial charge in [0.25, 0.3) is 0 Å². The maximum Gasteiger partial charge on any atom is 0.407 e. The third kappa shape index (κ3) is 5.23. The predicted molar refractivity (Wildman–Crippen MR) is 116 cm³/mol. The Kier molecular flexibility index (Phi) is 7.64. The van der Waals surface area contributed by atoms with E-state index in [0.29, 0.717) is 36.1 Å². The summed E-state index contributed by atoms with van der Waals surface area (Å²) in [6.45, 7) is 2.89. The Morgan fingerprint density at radius 3 is 2.77 bits per heavy atom. The van der Waals surface area contributed by atoms with Crippen LogP contribution in [0.3, 0.4) is 0 Å². The number of morpholine rings is 1. The molecule has 2 aromatic rings. The van der Waals surface area contributed by atoms with Crippen LogP contribution < -0.4 is 0 Å². The van der Waals surface area contributed by atoms with Crippen molar-refractivity contribution in [3.63, 3.8) is 0 Å². The summed E-state index contributed by atoms with van der Waals surface area (Å²) in [5.74, 6) is -0.440. The van der Waals surface area contributed by atoms with Crippen molar-refractivity contribution in [1.82, 2.24) is 4.90 Å². The standard InChI is InChI=1S/C24H30FNO5/c1-17-7-5-8-18(15-17)22-19(9-6-10-20(22)25)24(29,11-3-4-13-30-2)21-16-26(23(27)28)12-14-31-21/h5-10,15,21,29H,3-4,11-14,16H2,1-2H3,(H,27,28)/t21?,24-/m1/s1. The first-order chi connectivity index (χ1) is 14.9. The quantitative estimate of drug-likeness (QED) is 0.613. The van der Waals surface area contributed by atoms with Crippen LogP contribution in [0.25, 0.3) is 11.1 Å². The van der Waals surface area contributed by atoms with Gasteiger partial charge in [-0.3, -0.25) is 0 Å². The van der Waals surface area contributed by atoms with Gasteiger partial charge in [0.15, 0.2) is 0 Å². The van der Waals surface area contributed by atoms with Crippen molar-refractivity contribution in [1.29, 1.82) is 0 Å². The topological polar surface area (TPSA) is 79.2 Å². The van der Waals surface area contributed by atoms with Crippen molar-refractivity contribution < 1.29 is 28.9 Å². The van der Waals surface area contributed by atoms with Crippen LogP contribution in [0.2, 0.25) is 0 Å². The Morgan fingerprint density at radius 2 is 2.06 bits per heavy atom. The summed E-state index contributed by atoms with van der Waals surface area (Å²) in [6.07, 6.45) is -0.264. The molecule has 0 saturated carbocycles. The summed E-state index contributed by atoms with van der Waals surface area (Å²) in [5.41, 5.74) is 0.795. The van der Waals surface area contributed by atoms with Crippen LogP contribution in [0.1, 0.15) is 30.4 Å². The van der Waals surface area contributed by atoms with Gasteiger partial charge in [0, 0.05) is 25.8 Å². The summed E-state index contributed by atoms with van der Waals surface area (Å²) in [4.78, 5) is 12.8. The number of aryl methyl sites for hydroxylation is 1. The highest BCUT2D eigenvalue weighted by atomic mass is 19.1. The number of carbonyl (C=O) groups is 1. The van der Waals surface area contributed by atoms with Crippen molar-refractivity contribution in [2.24, 2.45) is 0 Å². The average Bonchev–Trinajstić information content (AvgIpc) is 2.76. The fourth-order valence-corrected chi connectivity index (χ4v) is 4.20. The molecule has 1 heterocycles. The second-order valence-electron chi connectivity index (χ2n) is 7.99. The average molecular weight is 432 g/mol. The van der Waals surface area contributed by atoms with Gasteiger partial charge < -0.3 is 24.6 Å². The number of hydrogen-bond donors (Lipinski definition) is 2. The molecule has 1 unspecified atom stereocenters. The minimum atomic E-state index is -1.57. The lowest BCUT2D eigenvalue weighted by Gasteiger charge is -2.42. The van der Waals surface area contributed by atoms with Gasteiger partial charge in [0.2, 0.25) is 0 Å². The summed E-state index contributed by atoms with van der Waals surface area (Å²) in [7, 11) is 1.61. The first-order valence-electron chi connectivity index (χ1n) is 10.5. The zero-order valence-electron chi connectivity index (χ0n) is 18.0. The highest BCUT2D eigenvalue weighted by Gasteiger charge is 2.44. The van der Waals surface area contributed by atoms with Crippen LogP contribution in [-0.4, -0.2) is 60.7 Å². The molecule has 168 valence electrons. The Labute approximate surface area is 182 Å². The molecule has 2 atom stereocenters. The van der Waals surface area contributed by atoms with Crippen LogP contribution in [0.4, 0.5) is 9.18 Å². The molecule has 0 radical (unpaired) electrons. The van der Waals surface area contributed by atoms with E-state index in [1.807, 2.05) is 31.2 Å². The van der Waals surface area contributed by atoms with Crippen LogP contribution in [0, 0.1) is 12.7 Å². The molecule has 1 aliphatic rings. The lowest BCUT2D eigenvalue weighted by atomic mass is 9.78. The molecule has 3 rings (SSSR count). The molecule has 1 saturated heterocycles. The molecule has 1 amide bonds. The number of halogens is 1. The van der Waals surface area contributed by atoms with Crippen LogP contribution >= 0.6 is 0 Å². The fourth-order valence-electron chi connectivity index (χ4n) is 4.20. The Balaban J connectivity index is 2.07. The van der Waals surface area contributed by atoms with Gasteiger partial charge in [-0.2, -0.15) is 0 Å². The number of hydrogen-bond acceptors (Lipinski definition) is 4. The minimum absolute atomic E-state index is 0.0138. The molecular weight excluding hydrogens is 401 g/mol. The molecule has 0 aliphatic carbocycles. The largest absolute Gasteiger partial charge is 0.465 e. The second-order valence-corrected chi connectivity index (χ2v) is 7.99. The molecule has 0 spiro atoms. The lowest BCUT2D eigenvalue weighted by Crippen LogP contribution is -2.54. The molecule has 1 fully saturated rings. The molecule has 2 aromatic carbocycles. The Bertz CT molecular complexity index is 905. The first-order valence-corrected chi connectivity index (χ1v) is 10.5. The maximum atomic E-state index is 15.1. The van der Waals surface area contributed by atoms with Gasteiger partial charge >= 0.3 is 6.09 Å². The number of benzene rings is 2. The number of unbranched alkanes of at least 4 members (excludes halogenated alkanes) is 1. The number of aliphatic hydroxyl groups is 1. The van der Waals surface area contributed by atoms with Crippen molar-refractivity contribution >= 4 is 6.09 Å². The molecule has 7 heteroatoms. The minimum Gasteiger partial charge on any atom is -0.465 e. The van der Waals surface area contributed by atoms with E-state index in [2.05, 4.69) is 0 Å². The first kappa shape index (κ1) is 23.2. The summed E-state index contributed by atoms with van der Waals surface area (Å²) >= 11 is 0. The number of nitrogens with zero attached hydrogens (tertiary/aromatic N) is 1. The highest BCUT2D eigenvalue weighted by Crippen LogP contribution is 2.41. The maximum absolute atomic E-state index is 15.1. The van der Waals surface area contributed by atoms with Crippen molar-refractivity contribution in [3.8, 4) is 11.1 Å². The van der Waals surface area contributed by atoms with E-state index in [0.717, 1.165) is 5.56 Å². The van der Waals surface area contributed by atoms with Crippen LogP contribution in [0.15, 0.2) is 42.5 Å². The van der Waals surface area contributed by atoms with Gasteiger partial charge in [0.05, 0.1) is 13.2 Å². The number of amides is 1. The van der Waals surface area contributed by atoms with Gasteiger partial charge in [0.1, 0.15) is 17.5 Å². The van der Waals surface area contributed by atoms with Gasteiger partial charge in [-0.1, -0.05) is 42.0 Å². The van der Waals surface area contributed by atoms with E-state index in [-0.39, 0.29) is 26.1 Å². The van der Waals surface area contributed by atoms with E-state index in [4.69, 9.17) is 9.47 Å². The van der Waals surface area contributed by atoms with E-state index < -0.39 is 23.6 Å². The van der Waals surface area contributed by atoms with Crippen molar-refractivity contribution in [3.05, 3.63) is 59.4 Å². The molecule has 31 heavy (non-hydrogen) atoms. The number of methoxy groups -OCH3 is 1. The highest BCUT2D eigenvalue weighted by molar-refractivity contribution is 5.70. The van der Waals surface area contributed by atoms with Gasteiger partial charge in [-0.05, 0) is 43.4 Å². The third-order valence-electron chi connectivity index (χ3n) is 5.81. The zero-order chi connectivity index (χ0) is 22.4. The van der Waals surface area contributed by atoms with Crippen molar-refractivity contribution in [2.75, 3.05) is 33.4 Å². The normalized spacial score (nSPS) is 18.6. The zero-order valence-corrected chi connectivity index (χ0v) is 18.0. The monoisotopic (exact) mass is 431 g/mol. The van der Waals surface area contributed by atoms with E-state index >= 15 is 4.39 Å². The molecule has 0 aromatic heterocycles. The van der Waals surface area contributed by atoms with Gasteiger partial charge in [-0.25, -0.2) is 9.18 Å². The molecule has 1 aliphatic heterocycles. The predicted octanol–water partition coefficient (Wildman–Crippen LogP) is 4.18. The summed E-state index contributed by atoms with van der Waals surface area (Å²) < 4.78 is 26.1. The lowest BCUT2D eigenvalue weighted by molar-refractivity contribution is -0.148. The summed E-state index contributed by atoms with van der Waals surface area (Å²) in [5, 5.41) is 21.4. The number of rotatable bonds is 8. The molecular formula is C24H30FNO5. The molecule has 0 bridgehead atoms.